The molecule has 0 amide bonds. The molecule has 0 atom stereocenters. The van der Waals surface area contributed by atoms with Gasteiger partial charge < -0.3 is 9.88 Å². The third kappa shape index (κ3) is 2.27. The smallest absolute Gasteiger partial charge is 0.147 e. The van der Waals surface area contributed by atoms with Gasteiger partial charge in [0, 0.05) is 16.7 Å². The summed E-state index contributed by atoms with van der Waals surface area (Å²) in [6, 6.07) is 5.54. The van der Waals surface area contributed by atoms with Crippen molar-refractivity contribution in [1.29, 1.82) is 0 Å². The number of nitrogens with zero attached hydrogens (tertiary/aromatic N) is 2. The number of anilines is 1. The molecule has 5 heteroatoms. The molecular weight excluding hydrogens is 297 g/mol. The first kappa shape index (κ1) is 11.7. The number of halogens is 2. The monoisotopic (exact) mass is 309 g/mol. The van der Waals surface area contributed by atoms with E-state index in [1.54, 1.807) is 6.07 Å². The van der Waals surface area contributed by atoms with Crippen LogP contribution in [0.3, 0.4) is 0 Å². The van der Waals surface area contributed by atoms with E-state index < -0.39 is 0 Å². The number of hydrogen-bond acceptors (Lipinski definition) is 2. The van der Waals surface area contributed by atoms with Crippen LogP contribution in [0, 0.1) is 5.82 Å². The molecule has 18 heavy (non-hydrogen) atoms. The Balaban J connectivity index is 1.76. The second-order valence-corrected chi connectivity index (χ2v) is 5.33. The minimum absolute atomic E-state index is 0.248. The standard InChI is InChI=1S/C13H13BrFN3/c14-11-2-1-3-12(15)13(11)17-7-10-6-16-8-18(10)9-4-5-9/h1-3,6,8-9,17H,4-5,7H2. The average molecular weight is 310 g/mol. The van der Waals surface area contributed by atoms with Gasteiger partial charge in [-0.3, -0.25) is 0 Å². The van der Waals surface area contributed by atoms with Crippen LogP contribution in [-0.4, -0.2) is 9.55 Å². The molecule has 1 aromatic heterocycles. The van der Waals surface area contributed by atoms with Gasteiger partial charge in [0.15, 0.2) is 0 Å². The molecule has 3 rings (SSSR count). The molecule has 1 N–H and O–H groups in total. The lowest BCUT2D eigenvalue weighted by Crippen LogP contribution is -2.07. The lowest BCUT2D eigenvalue weighted by molar-refractivity contribution is 0.628. The van der Waals surface area contributed by atoms with E-state index in [4.69, 9.17) is 0 Å². The van der Waals surface area contributed by atoms with Crippen LogP contribution in [0.2, 0.25) is 0 Å². The van der Waals surface area contributed by atoms with Gasteiger partial charge in [-0.05, 0) is 40.9 Å². The van der Waals surface area contributed by atoms with E-state index in [2.05, 4.69) is 30.8 Å². The molecule has 94 valence electrons. The maximum atomic E-state index is 13.6. The minimum Gasteiger partial charge on any atom is -0.376 e. The summed E-state index contributed by atoms with van der Waals surface area (Å²) in [5.41, 5.74) is 1.59. The molecular formula is C13H13BrFN3. The maximum absolute atomic E-state index is 13.6. The van der Waals surface area contributed by atoms with Gasteiger partial charge in [0.1, 0.15) is 5.82 Å². The fraction of sp³-hybridized carbons (Fsp3) is 0.308. The van der Waals surface area contributed by atoms with E-state index in [1.165, 1.54) is 18.9 Å². The predicted octanol–water partition coefficient (Wildman–Crippen LogP) is 3.73. The minimum atomic E-state index is -0.248. The Morgan fingerprint density at radius 2 is 2.28 bits per heavy atom. The molecule has 1 aliphatic carbocycles. The Morgan fingerprint density at radius 3 is 3.00 bits per heavy atom. The van der Waals surface area contributed by atoms with Gasteiger partial charge in [0.2, 0.25) is 0 Å². The molecule has 1 aromatic carbocycles. The van der Waals surface area contributed by atoms with Crippen molar-refractivity contribution in [1.82, 2.24) is 9.55 Å². The number of imidazole rings is 1. The molecule has 0 spiro atoms. The Hall–Kier alpha value is -1.36. The molecule has 0 bridgehead atoms. The van der Waals surface area contributed by atoms with Crippen molar-refractivity contribution in [3.8, 4) is 0 Å². The van der Waals surface area contributed by atoms with E-state index in [0.717, 1.165) is 10.2 Å². The summed E-state index contributed by atoms with van der Waals surface area (Å²) < 4.78 is 16.5. The number of benzene rings is 1. The van der Waals surface area contributed by atoms with E-state index >= 15 is 0 Å². The van der Waals surface area contributed by atoms with Crippen molar-refractivity contribution in [2.24, 2.45) is 0 Å². The zero-order valence-corrected chi connectivity index (χ0v) is 11.3. The van der Waals surface area contributed by atoms with Crippen molar-refractivity contribution in [2.75, 3.05) is 5.32 Å². The van der Waals surface area contributed by atoms with Gasteiger partial charge >= 0.3 is 0 Å². The zero-order chi connectivity index (χ0) is 12.5. The number of rotatable bonds is 4. The van der Waals surface area contributed by atoms with E-state index in [0.29, 0.717) is 18.3 Å². The number of hydrogen-bond donors (Lipinski definition) is 1. The summed E-state index contributed by atoms with van der Waals surface area (Å²) in [5.74, 6) is -0.248. The third-order valence-corrected chi connectivity index (χ3v) is 3.76. The SMILES string of the molecule is Fc1cccc(Br)c1NCc1cncn1C1CC1. The molecule has 1 fully saturated rings. The third-order valence-electron chi connectivity index (χ3n) is 3.10. The Kier molecular flexibility index (Phi) is 3.07. The first-order chi connectivity index (χ1) is 8.75. The van der Waals surface area contributed by atoms with Crippen LogP contribution in [0.15, 0.2) is 35.2 Å². The maximum Gasteiger partial charge on any atom is 0.147 e. The summed E-state index contributed by atoms with van der Waals surface area (Å²) in [7, 11) is 0. The van der Waals surface area contributed by atoms with Crippen LogP contribution in [0.1, 0.15) is 24.6 Å². The highest BCUT2D eigenvalue weighted by Crippen LogP contribution is 2.36. The highest BCUT2D eigenvalue weighted by molar-refractivity contribution is 9.10. The molecule has 1 aliphatic rings. The highest BCUT2D eigenvalue weighted by atomic mass is 79.9. The first-order valence-corrected chi connectivity index (χ1v) is 6.73. The summed E-state index contributed by atoms with van der Waals surface area (Å²) in [5, 5.41) is 3.12. The summed E-state index contributed by atoms with van der Waals surface area (Å²) in [6.07, 6.45) is 6.12. The quantitative estimate of drug-likeness (QED) is 0.932. The molecule has 0 unspecified atom stereocenters. The number of para-hydroxylation sites is 1. The van der Waals surface area contributed by atoms with Crippen LogP contribution in [0.25, 0.3) is 0 Å². The van der Waals surface area contributed by atoms with Gasteiger partial charge in [-0.1, -0.05) is 6.07 Å². The van der Waals surface area contributed by atoms with Gasteiger partial charge in [-0.2, -0.15) is 0 Å². The summed E-state index contributed by atoms with van der Waals surface area (Å²) in [6.45, 7) is 0.579. The van der Waals surface area contributed by atoms with Crippen molar-refractivity contribution < 1.29 is 4.39 Å². The second kappa shape index (κ2) is 4.72. The van der Waals surface area contributed by atoms with Crippen molar-refractivity contribution in [3.63, 3.8) is 0 Å². The molecule has 3 nitrogen and oxygen atoms in total. The molecule has 0 aliphatic heterocycles. The summed E-state index contributed by atoms with van der Waals surface area (Å²) in [4.78, 5) is 4.16. The predicted molar refractivity (Wildman–Crippen MR) is 71.9 cm³/mol. The van der Waals surface area contributed by atoms with Gasteiger partial charge in [0.05, 0.1) is 24.3 Å². The largest absolute Gasteiger partial charge is 0.376 e. The van der Waals surface area contributed by atoms with Crippen LogP contribution in [-0.2, 0) is 6.54 Å². The van der Waals surface area contributed by atoms with Crippen LogP contribution in [0.5, 0.6) is 0 Å². The number of nitrogens with one attached hydrogen (secondary N) is 1. The van der Waals surface area contributed by atoms with Crippen LogP contribution in [0.4, 0.5) is 10.1 Å². The molecule has 1 heterocycles. The highest BCUT2D eigenvalue weighted by Gasteiger charge is 2.25. The Labute approximate surface area is 113 Å². The molecule has 0 saturated heterocycles. The normalized spacial score (nSPS) is 14.8. The zero-order valence-electron chi connectivity index (χ0n) is 9.74. The topological polar surface area (TPSA) is 29.9 Å². The van der Waals surface area contributed by atoms with Crippen LogP contribution >= 0.6 is 15.9 Å². The first-order valence-electron chi connectivity index (χ1n) is 5.94. The Morgan fingerprint density at radius 1 is 1.44 bits per heavy atom. The van der Waals surface area contributed by atoms with Crippen molar-refractivity contribution >= 4 is 21.6 Å². The van der Waals surface area contributed by atoms with E-state index in [-0.39, 0.29) is 5.82 Å². The number of aromatic nitrogens is 2. The van der Waals surface area contributed by atoms with Gasteiger partial charge in [0.25, 0.3) is 0 Å². The lowest BCUT2D eigenvalue weighted by Gasteiger charge is -2.11. The molecule has 0 radical (unpaired) electrons. The lowest BCUT2D eigenvalue weighted by atomic mass is 10.3. The average Bonchev–Trinajstić information content (AvgIpc) is 3.09. The van der Waals surface area contributed by atoms with Crippen molar-refractivity contribution in [2.45, 2.75) is 25.4 Å². The van der Waals surface area contributed by atoms with Gasteiger partial charge in [-0.15, -0.1) is 0 Å². The fourth-order valence-electron chi connectivity index (χ4n) is 2.00. The van der Waals surface area contributed by atoms with Crippen LogP contribution < -0.4 is 5.32 Å². The Bertz CT molecular complexity index is 543. The van der Waals surface area contributed by atoms with E-state index in [9.17, 15) is 4.39 Å². The fourth-order valence-corrected chi connectivity index (χ4v) is 2.48. The second-order valence-electron chi connectivity index (χ2n) is 4.47. The van der Waals surface area contributed by atoms with Crippen molar-refractivity contribution in [3.05, 3.63) is 46.7 Å². The van der Waals surface area contributed by atoms with Gasteiger partial charge in [-0.25, -0.2) is 9.37 Å². The summed E-state index contributed by atoms with van der Waals surface area (Å²) >= 11 is 3.35. The molecule has 1 saturated carbocycles. The molecule has 2 aromatic rings. The van der Waals surface area contributed by atoms with E-state index in [1.807, 2.05) is 18.6 Å².